The van der Waals surface area contributed by atoms with Gasteiger partial charge in [-0.2, -0.15) is 19.6 Å². The van der Waals surface area contributed by atoms with E-state index in [1.807, 2.05) is 77.1 Å². The molecule has 8 heteroatoms. The second-order valence-corrected chi connectivity index (χ2v) is 10.3. The lowest BCUT2D eigenvalue weighted by Gasteiger charge is -2.13. The summed E-state index contributed by atoms with van der Waals surface area (Å²) in [5, 5.41) is 14.9. The van der Waals surface area contributed by atoms with E-state index in [2.05, 4.69) is 45.1 Å². The van der Waals surface area contributed by atoms with E-state index >= 15 is 0 Å². The minimum absolute atomic E-state index is 0.361. The third-order valence-electron chi connectivity index (χ3n) is 7.44. The Labute approximate surface area is 240 Å². The first kappa shape index (κ1) is 27.6. The predicted molar refractivity (Wildman–Crippen MR) is 162 cm³/mol. The molecule has 2 N–H and O–H groups in total. The molecule has 0 saturated carbocycles. The Hall–Kier alpha value is -4.98. The molecule has 0 bridgehead atoms. The number of aromatic nitrogens is 4. The van der Waals surface area contributed by atoms with Gasteiger partial charge in [0.25, 0.3) is 0 Å². The van der Waals surface area contributed by atoms with Crippen LogP contribution in [0, 0.1) is 34.6 Å². The standard InChI is InChI=1S/C33H34N6O2/c1-21-16-17-28(34-32(40)38-24(4)29(22(2)36-38)18-26-12-8-6-9-13-26)20-31(21)35-33(41)39-25(5)30(23(3)37-39)19-27-14-10-7-11-15-27/h6-17,20H,18-19H2,1-5H3,(H,34,40)(H,35,41). The monoisotopic (exact) mass is 546 g/mol. The van der Waals surface area contributed by atoms with Gasteiger partial charge in [0, 0.05) is 46.7 Å². The number of amides is 2. The molecule has 0 atom stereocenters. The molecular formula is C33H34N6O2. The van der Waals surface area contributed by atoms with Crippen molar-refractivity contribution in [3.05, 3.63) is 129 Å². The molecule has 0 fully saturated rings. The maximum absolute atomic E-state index is 13.3. The van der Waals surface area contributed by atoms with Crippen LogP contribution in [-0.4, -0.2) is 31.6 Å². The zero-order chi connectivity index (χ0) is 29.1. The summed E-state index contributed by atoms with van der Waals surface area (Å²) >= 11 is 0. The number of carbonyl (C=O) groups is 2. The topological polar surface area (TPSA) is 93.8 Å². The van der Waals surface area contributed by atoms with Gasteiger partial charge in [0.1, 0.15) is 0 Å². The number of anilines is 2. The first-order valence-electron chi connectivity index (χ1n) is 13.6. The van der Waals surface area contributed by atoms with Crippen molar-refractivity contribution in [2.45, 2.75) is 47.5 Å². The molecular weight excluding hydrogens is 512 g/mol. The lowest BCUT2D eigenvalue weighted by molar-refractivity contribution is 0.249. The maximum atomic E-state index is 13.3. The van der Waals surface area contributed by atoms with Gasteiger partial charge in [0.15, 0.2) is 0 Å². The van der Waals surface area contributed by atoms with Crippen LogP contribution in [0.1, 0.15) is 50.6 Å². The quantitative estimate of drug-likeness (QED) is 0.241. The molecule has 0 aliphatic heterocycles. The van der Waals surface area contributed by atoms with Gasteiger partial charge in [-0.05, 0) is 63.4 Å². The van der Waals surface area contributed by atoms with Crippen molar-refractivity contribution < 1.29 is 9.59 Å². The van der Waals surface area contributed by atoms with E-state index in [0.717, 1.165) is 50.6 Å². The molecule has 41 heavy (non-hydrogen) atoms. The Kier molecular flexibility index (Phi) is 7.83. The summed E-state index contributed by atoms with van der Waals surface area (Å²) in [5.74, 6) is 0. The van der Waals surface area contributed by atoms with E-state index in [1.54, 1.807) is 12.1 Å². The molecule has 5 rings (SSSR count). The first-order valence-corrected chi connectivity index (χ1v) is 13.6. The van der Waals surface area contributed by atoms with E-state index in [0.29, 0.717) is 24.2 Å². The summed E-state index contributed by atoms with van der Waals surface area (Å²) in [6.07, 6.45) is 1.40. The van der Waals surface area contributed by atoms with Crippen molar-refractivity contribution in [1.82, 2.24) is 19.6 Å². The van der Waals surface area contributed by atoms with Crippen molar-refractivity contribution >= 4 is 23.4 Å². The zero-order valence-electron chi connectivity index (χ0n) is 24.0. The molecule has 8 nitrogen and oxygen atoms in total. The van der Waals surface area contributed by atoms with Crippen LogP contribution in [0.4, 0.5) is 21.0 Å². The summed E-state index contributed by atoms with van der Waals surface area (Å²) in [6, 6.07) is 24.9. The molecule has 0 saturated heterocycles. The third-order valence-corrected chi connectivity index (χ3v) is 7.44. The summed E-state index contributed by atoms with van der Waals surface area (Å²) in [4.78, 5) is 26.5. The molecule has 2 aromatic heterocycles. The van der Waals surface area contributed by atoms with Gasteiger partial charge in [-0.15, -0.1) is 0 Å². The average molecular weight is 547 g/mol. The van der Waals surface area contributed by atoms with Gasteiger partial charge >= 0.3 is 12.1 Å². The Bertz CT molecular complexity index is 1720. The lowest BCUT2D eigenvalue weighted by Crippen LogP contribution is -2.24. The average Bonchev–Trinajstić information content (AvgIpc) is 3.41. The van der Waals surface area contributed by atoms with Gasteiger partial charge in [-0.25, -0.2) is 9.59 Å². The Morgan fingerprint density at radius 1 is 0.634 bits per heavy atom. The number of nitrogens with zero attached hydrogens (tertiary/aromatic N) is 4. The third kappa shape index (κ3) is 5.96. The van der Waals surface area contributed by atoms with Crippen LogP contribution < -0.4 is 10.6 Å². The smallest absolute Gasteiger partial charge is 0.306 e. The lowest BCUT2D eigenvalue weighted by atomic mass is 10.0. The highest BCUT2D eigenvalue weighted by Gasteiger charge is 2.19. The zero-order valence-corrected chi connectivity index (χ0v) is 24.0. The molecule has 0 radical (unpaired) electrons. The van der Waals surface area contributed by atoms with Gasteiger partial charge in [0.2, 0.25) is 0 Å². The SMILES string of the molecule is Cc1ccc(NC(=O)n2nc(C)c(Cc3ccccc3)c2C)cc1NC(=O)n1nc(C)c(Cc2ccccc2)c1C. The highest BCUT2D eigenvalue weighted by atomic mass is 16.2. The fourth-order valence-electron chi connectivity index (χ4n) is 5.04. The normalized spacial score (nSPS) is 11.0. The van der Waals surface area contributed by atoms with Gasteiger partial charge in [0.05, 0.1) is 11.4 Å². The number of rotatable bonds is 6. The number of nitrogens with one attached hydrogen (secondary N) is 2. The number of hydrogen-bond donors (Lipinski definition) is 2. The Morgan fingerprint density at radius 3 is 1.59 bits per heavy atom. The minimum Gasteiger partial charge on any atom is -0.306 e. The van der Waals surface area contributed by atoms with Crippen LogP contribution >= 0.6 is 0 Å². The largest absolute Gasteiger partial charge is 0.346 e. The summed E-state index contributed by atoms with van der Waals surface area (Å²) in [5.41, 5.74) is 9.58. The van der Waals surface area contributed by atoms with Crippen LogP contribution in [0.3, 0.4) is 0 Å². The fourth-order valence-corrected chi connectivity index (χ4v) is 5.04. The number of hydrogen-bond acceptors (Lipinski definition) is 4. The van der Waals surface area contributed by atoms with Crippen LogP contribution in [0.2, 0.25) is 0 Å². The fraction of sp³-hybridized carbons (Fsp3) is 0.212. The first-order chi connectivity index (χ1) is 19.7. The van der Waals surface area contributed by atoms with Crippen molar-refractivity contribution in [3.8, 4) is 0 Å². The van der Waals surface area contributed by atoms with Crippen molar-refractivity contribution in [3.63, 3.8) is 0 Å². The van der Waals surface area contributed by atoms with Crippen LogP contribution in [-0.2, 0) is 12.8 Å². The second kappa shape index (κ2) is 11.6. The molecule has 3 aromatic carbocycles. The molecule has 2 amide bonds. The molecule has 0 unspecified atom stereocenters. The van der Waals surface area contributed by atoms with E-state index in [9.17, 15) is 9.59 Å². The van der Waals surface area contributed by atoms with Gasteiger partial charge in [-0.1, -0.05) is 66.7 Å². The molecule has 0 spiro atoms. The highest BCUT2D eigenvalue weighted by molar-refractivity contribution is 5.95. The van der Waals surface area contributed by atoms with Crippen molar-refractivity contribution in [2.24, 2.45) is 0 Å². The van der Waals surface area contributed by atoms with E-state index in [4.69, 9.17) is 0 Å². The maximum Gasteiger partial charge on any atom is 0.346 e. The van der Waals surface area contributed by atoms with Crippen LogP contribution in [0.5, 0.6) is 0 Å². The van der Waals surface area contributed by atoms with Crippen molar-refractivity contribution in [1.29, 1.82) is 0 Å². The van der Waals surface area contributed by atoms with Crippen LogP contribution in [0.15, 0.2) is 78.9 Å². The molecule has 5 aromatic rings. The molecule has 2 heterocycles. The molecule has 208 valence electrons. The summed E-state index contributed by atoms with van der Waals surface area (Å²) in [7, 11) is 0. The van der Waals surface area contributed by atoms with E-state index in [1.165, 1.54) is 9.36 Å². The second-order valence-electron chi connectivity index (χ2n) is 10.3. The summed E-state index contributed by atoms with van der Waals surface area (Å²) < 4.78 is 2.80. The predicted octanol–water partition coefficient (Wildman–Crippen LogP) is 6.96. The van der Waals surface area contributed by atoms with Gasteiger partial charge in [-0.3, -0.25) is 0 Å². The molecule has 0 aliphatic rings. The van der Waals surface area contributed by atoms with E-state index in [-0.39, 0.29) is 12.1 Å². The Balaban J connectivity index is 1.31. The van der Waals surface area contributed by atoms with E-state index < -0.39 is 0 Å². The van der Waals surface area contributed by atoms with Crippen LogP contribution in [0.25, 0.3) is 0 Å². The Morgan fingerprint density at radius 2 is 1.10 bits per heavy atom. The van der Waals surface area contributed by atoms with Crippen molar-refractivity contribution in [2.75, 3.05) is 10.6 Å². The van der Waals surface area contributed by atoms with Gasteiger partial charge < -0.3 is 10.6 Å². The number of carbonyl (C=O) groups excluding carboxylic acids is 2. The minimum atomic E-state index is -0.366. The molecule has 0 aliphatic carbocycles. The highest BCUT2D eigenvalue weighted by Crippen LogP contribution is 2.24. The number of aryl methyl sites for hydroxylation is 3. The summed E-state index contributed by atoms with van der Waals surface area (Å²) in [6.45, 7) is 9.54. The number of benzene rings is 3.